The minimum Gasteiger partial charge on any atom is -0.481 e. The van der Waals surface area contributed by atoms with E-state index in [1.165, 1.54) is 0 Å². The van der Waals surface area contributed by atoms with Gasteiger partial charge in [-0.1, -0.05) is 6.07 Å². The highest BCUT2D eigenvalue weighted by molar-refractivity contribution is 5.62. The molecule has 0 radical (unpaired) electrons. The fourth-order valence-corrected chi connectivity index (χ4v) is 0.313. The monoisotopic (exact) mass is 189 g/mol. The molecular weight excluding hydrogens is 174 g/mol. The molecule has 1 rings (SSSR count). The van der Waals surface area contributed by atoms with E-state index in [-0.39, 0.29) is 5.48 Å². The lowest BCUT2D eigenvalue weighted by Crippen LogP contribution is -1.78. The van der Waals surface area contributed by atoms with E-state index in [4.69, 9.17) is 15.0 Å². The maximum absolute atomic E-state index is 9.00. The number of carbonyl (C=O) groups is 1. The van der Waals surface area contributed by atoms with Crippen LogP contribution in [0.25, 0.3) is 0 Å². The standard InChI is InChI=1S/C5H5N.C2H4O2.CH4O.H2O/c1-2-4-6-5-3-1;1-2(3)4;1-2;/h1-5H;1H3,(H,3,4);2H,1H3;1H2. The molecule has 76 valence electrons. The second-order valence-corrected chi connectivity index (χ2v) is 1.54. The third-order valence-electron chi connectivity index (χ3n) is 0.566. The molecule has 0 saturated heterocycles. The third kappa shape index (κ3) is 37.3. The van der Waals surface area contributed by atoms with E-state index < -0.39 is 5.97 Å². The Kier molecular flexibility index (Phi) is 22.8. The zero-order valence-electron chi connectivity index (χ0n) is 7.64. The van der Waals surface area contributed by atoms with Crippen LogP contribution in [-0.2, 0) is 4.79 Å². The Bertz CT molecular complexity index is 148. The summed E-state index contributed by atoms with van der Waals surface area (Å²) in [6, 6.07) is 5.72. The predicted octanol–water partition coefficient (Wildman–Crippen LogP) is -0.0437. The number of carboxylic acids is 1. The highest BCUT2D eigenvalue weighted by atomic mass is 16.4. The number of hydrogen-bond donors (Lipinski definition) is 2. The number of rotatable bonds is 0. The summed E-state index contributed by atoms with van der Waals surface area (Å²) < 4.78 is 0. The molecule has 1 aromatic heterocycles. The van der Waals surface area contributed by atoms with E-state index in [1.807, 2.05) is 18.2 Å². The largest absolute Gasteiger partial charge is 0.481 e. The number of aliphatic carboxylic acids is 1. The van der Waals surface area contributed by atoms with Gasteiger partial charge in [-0.2, -0.15) is 0 Å². The molecule has 0 fully saturated rings. The molecule has 0 unspecified atom stereocenters. The second kappa shape index (κ2) is 16.9. The van der Waals surface area contributed by atoms with Crippen LogP contribution in [-0.4, -0.2) is 33.8 Å². The molecule has 0 aliphatic heterocycles. The maximum Gasteiger partial charge on any atom is 0.300 e. The predicted molar refractivity (Wildman–Crippen MR) is 49.3 cm³/mol. The molecule has 0 aliphatic carbocycles. The highest BCUT2D eigenvalue weighted by Gasteiger charge is 1.65. The van der Waals surface area contributed by atoms with Gasteiger partial charge in [-0.15, -0.1) is 0 Å². The van der Waals surface area contributed by atoms with Crippen molar-refractivity contribution in [3.05, 3.63) is 30.6 Å². The van der Waals surface area contributed by atoms with E-state index in [1.54, 1.807) is 12.4 Å². The summed E-state index contributed by atoms with van der Waals surface area (Å²) in [5, 5.41) is 14.4. The van der Waals surface area contributed by atoms with E-state index in [9.17, 15) is 0 Å². The fourth-order valence-electron chi connectivity index (χ4n) is 0.313. The Morgan fingerprint density at radius 1 is 1.15 bits per heavy atom. The minimum absolute atomic E-state index is 0. The molecule has 4 N–H and O–H groups in total. The molecule has 5 nitrogen and oxygen atoms in total. The van der Waals surface area contributed by atoms with Gasteiger partial charge in [0.15, 0.2) is 0 Å². The molecule has 0 aliphatic rings. The van der Waals surface area contributed by atoms with Crippen LogP contribution in [0, 0.1) is 0 Å². The van der Waals surface area contributed by atoms with Crippen molar-refractivity contribution in [2.24, 2.45) is 0 Å². The molecule has 0 saturated carbocycles. The van der Waals surface area contributed by atoms with Crippen LogP contribution < -0.4 is 0 Å². The molecule has 0 aromatic carbocycles. The van der Waals surface area contributed by atoms with Gasteiger partial charge in [-0.25, -0.2) is 0 Å². The average molecular weight is 189 g/mol. The lowest BCUT2D eigenvalue weighted by molar-refractivity contribution is -0.134. The molecule has 1 aromatic rings. The summed E-state index contributed by atoms with van der Waals surface area (Å²) in [5.74, 6) is -0.833. The average Bonchev–Trinajstić information content (AvgIpc) is 2.10. The van der Waals surface area contributed by atoms with Crippen LogP contribution >= 0.6 is 0 Å². The summed E-state index contributed by atoms with van der Waals surface area (Å²) in [4.78, 5) is 12.8. The zero-order valence-corrected chi connectivity index (χ0v) is 7.64. The lowest BCUT2D eigenvalue weighted by Gasteiger charge is -1.70. The van der Waals surface area contributed by atoms with Crippen LogP contribution in [0.15, 0.2) is 30.6 Å². The topological polar surface area (TPSA) is 102 Å². The molecule has 0 bridgehead atoms. The summed E-state index contributed by atoms with van der Waals surface area (Å²) in [6.07, 6.45) is 3.50. The summed E-state index contributed by atoms with van der Waals surface area (Å²) in [5.41, 5.74) is 0. The Labute approximate surface area is 77.0 Å². The molecule has 0 spiro atoms. The maximum atomic E-state index is 9.00. The van der Waals surface area contributed by atoms with Crippen LogP contribution in [0.3, 0.4) is 0 Å². The molecule has 13 heavy (non-hydrogen) atoms. The number of nitrogens with zero attached hydrogens (tertiary/aromatic N) is 1. The van der Waals surface area contributed by atoms with Gasteiger partial charge >= 0.3 is 0 Å². The Morgan fingerprint density at radius 2 is 1.46 bits per heavy atom. The van der Waals surface area contributed by atoms with E-state index in [0.717, 1.165) is 14.0 Å². The first-order chi connectivity index (χ1) is 5.73. The number of aliphatic hydroxyl groups excluding tert-OH is 1. The lowest BCUT2D eigenvalue weighted by atomic mass is 10.5. The Hall–Kier alpha value is -1.46. The zero-order chi connectivity index (χ0) is 9.82. The number of aromatic nitrogens is 1. The first kappa shape index (κ1) is 17.6. The van der Waals surface area contributed by atoms with E-state index >= 15 is 0 Å². The molecule has 0 amide bonds. The van der Waals surface area contributed by atoms with Gasteiger partial charge in [0, 0.05) is 26.4 Å². The van der Waals surface area contributed by atoms with Gasteiger partial charge in [-0.05, 0) is 12.1 Å². The van der Waals surface area contributed by atoms with Crippen LogP contribution in [0.2, 0.25) is 0 Å². The van der Waals surface area contributed by atoms with Crippen molar-refractivity contribution >= 4 is 5.97 Å². The highest BCUT2D eigenvalue weighted by Crippen LogP contribution is 1.73. The van der Waals surface area contributed by atoms with Crippen molar-refractivity contribution in [1.82, 2.24) is 4.98 Å². The SMILES string of the molecule is CC(=O)O.CO.O.c1ccncc1. The first-order valence-electron chi connectivity index (χ1n) is 3.22. The molecule has 5 heteroatoms. The van der Waals surface area contributed by atoms with Crippen molar-refractivity contribution in [1.29, 1.82) is 0 Å². The quantitative estimate of drug-likeness (QED) is 0.597. The number of aliphatic hydroxyl groups is 1. The minimum atomic E-state index is -0.833. The van der Waals surface area contributed by atoms with Gasteiger partial charge in [0.1, 0.15) is 0 Å². The smallest absolute Gasteiger partial charge is 0.300 e. The number of hydrogen-bond acceptors (Lipinski definition) is 3. The molecule has 0 atom stereocenters. The molecule has 1 heterocycles. The van der Waals surface area contributed by atoms with Crippen LogP contribution in [0.4, 0.5) is 0 Å². The number of carboxylic acid groups (broad SMARTS) is 1. The summed E-state index contributed by atoms with van der Waals surface area (Å²) >= 11 is 0. The van der Waals surface area contributed by atoms with Crippen molar-refractivity contribution in [3.8, 4) is 0 Å². The van der Waals surface area contributed by atoms with E-state index in [0.29, 0.717) is 0 Å². The van der Waals surface area contributed by atoms with Crippen LogP contribution in [0.5, 0.6) is 0 Å². The van der Waals surface area contributed by atoms with Crippen molar-refractivity contribution in [2.75, 3.05) is 7.11 Å². The van der Waals surface area contributed by atoms with Gasteiger partial charge in [0.05, 0.1) is 0 Å². The van der Waals surface area contributed by atoms with Crippen LogP contribution in [0.1, 0.15) is 6.92 Å². The van der Waals surface area contributed by atoms with Gasteiger partial charge < -0.3 is 15.7 Å². The second-order valence-electron chi connectivity index (χ2n) is 1.54. The van der Waals surface area contributed by atoms with E-state index in [2.05, 4.69) is 4.98 Å². The molecular formula is C8H15NO4. The number of pyridine rings is 1. The summed E-state index contributed by atoms with van der Waals surface area (Å²) in [7, 11) is 1.00. The summed E-state index contributed by atoms with van der Waals surface area (Å²) in [6.45, 7) is 1.08. The third-order valence-corrected chi connectivity index (χ3v) is 0.566. The van der Waals surface area contributed by atoms with Crippen molar-refractivity contribution in [2.45, 2.75) is 6.92 Å². The Balaban J connectivity index is -0.000000128. The van der Waals surface area contributed by atoms with Gasteiger partial charge in [0.25, 0.3) is 5.97 Å². The van der Waals surface area contributed by atoms with Crippen molar-refractivity contribution in [3.63, 3.8) is 0 Å². The van der Waals surface area contributed by atoms with Crippen molar-refractivity contribution < 1.29 is 20.5 Å². The van der Waals surface area contributed by atoms with Gasteiger partial charge in [-0.3, -0.25) is 9.78 Å². The fraction of sp³-hybridized carbons (Fsp3) is 0.250. The Morgan fingerprint density at radius 3 is 1.54 bits per heavy atom. The normalized spacial score (nSPS) is 6.08. The first-order valence-corrected chi connectivity index (χ1v) is 3.22. The van der Waals surface area contributed by atoms with Gasteiger partial charge in [0.2, 0.25) is 0 Å².